The van der Waals surface area contributed by atoms with Crippen LogP contribution in [-0.4, -0.2) is 45.3 Å². The highest BCUT2D eigenvalue weighted by atomic mass is 32.1. The van der Waals surface area contributed by atoms with Gasteiger partial charge in [-0.15, -0.1) is 11.3 Å². The highest BCUT2D eigenvalue weighted by Gasteiger charge is 2.25. The Balaban J connectivity index is 1.37. The first-order chi connectivity index (χ1) is 14.2. The van der Waals surface area contributed by atoms with Gasteiger partial charge < -0.3 is 9.64 Å². The van der Waals surface area contributed by atoms with Crippen molar-refractivity contribution in [3.05, 3.63) is 63.7 Å². The van der Waals surface area contributed by atoms with Gasteiger partial charge in [0.05, 0.1) is 6.61 Å². The lowest BCUT2D eigenvalue weighted by atomic mass is 9.93. The number of thiophene rings is 1. The maximum Gasteiger partial charge on any atom is 0.348 e. The quantitative estimate of drug-likeness (QED) is 0.675. The van der Waals surface area contributed by atoms with Crippen LogP contribution < -0.4 is 10.4 Å². The van der Waals surface area contributed by atoms with Gasteiger partial charge in [0.2, 0.25) is 0 Å². The van der Waals surface area contributed by atoms with Crippen LogP contribution in [0.1, 0.15) is 35.9 Å². The summed E-state index contributed by atoms with van der Waals surface area (Å²) in [4.78, 5) is 26.8. The Morgan fingerprint density at radius 2 is 2.00 bits per heavy atom. The molecule has 1 N–H and O–H groups in total. The molecule has 152 valence electrons. The number of hydrogen-bond donors (Lipinski definition) is 1. The third-order valence-electron chi connectivity index (χ3n) is 5.25. The fourth-order valence-electron chi connectivity index (χ4n) is 3.73. The molecule has 2 aromatic heterocycles. The van der Waals surface area contributed by atoms with E-state index in [0.29, 0.717) is 31.2 Å². The predicted octanol–water partition coefficient (Wildman–Crippen LogP) is 3.12. The zero-order valence-corrected chi connectivity index (χ0v) is 17.2. The van der Waals surface area contributed by atoms with Crippen molar-refractivity contribution in [2.45, 2.75) is 26.2 Å². The standard InChI is InChI=1S/C21H24N4O3S/c1-2-28-17-7-5-16(6-8-17)20(26)24-11-9-15(10-12-24)14-18-22-23-21(27)25(18)19-4-3-13-29-19/h3-8,13,15H,2,9-12,14H2,1H3,(H,23,27). The zero-order chi connectivity index (χ0) is 20.2. The Labute approximate surface area is 172 Å². The summed E-state index contributed by atoms with van der Waals surface area (Å²) >= 11 is 1.52. The maximum absolute atomic E-state index is 12.8. The summed E-state index contributed by atoms with van der Waals surface area (Å²) in [5, 5.41) is 9.62. The van der Waals surface area contributed by atoms with Crippen LogP contribution in [0.15, 0.2) is 46.6 Å². The molecule has 1 amide bonds. The highest BCUT2D eigenvalue weighted by molar-refractivity contribution is 7.12. The van der Waals surface area contributed by atoms with E-state index in [0.717, 1.165) is 35.8 Å². The van der Waals surface area contributed by atoms with Gasteiger partial charge >= 0.3 is 5.69 Å². The molecule has 1 saturated heterocycles. The fourth-order valence-corrected chi connectivity index (χ4v) is 4.48. The molecule has 8 heteroatoms. The number of benzene rings is 1. The summed E-state index contributed by atoms with van der Waals surface area (Å²) in [5.41, 5.74) is 0.483. The van der Waals surface area contributed by atoms with Gasteiger partial charge in [-0.2, -0.15) is 5.10 Å². The minimum Gasteiger partial charge on any atom is -0.494 e. The number of piperidine rings is 1. The van der Waals surface area contributed by atoms with Crippen molar-refractivity contribution in [2.75, 3.05) is 19.7 Å². The molecule has 3 heterocycles. The van der Waals surface area contributed by atoms with Crippen molar-refractivity contribution < 1.29 is 9.53 Å². The van der Waals surface area contributed by atoms with Crippen LogP contribution in [-0.2, 0) is 6.42 Å². The van der Waals surface area contributed by atoms with Crippen LogP contribution in [0.5, 0.6) is 5.75 Å². The van der Waals surface area contributed by atoms with Crippen molar-refractivity contribution in [1.82, 2.24) is 19.7 Å². The molecule has 0 saturated carbocycles. The summed E-state index contributed by atoms with van der Waals surface area (Å²) in [7, 11) is 0. The first-order valence-electron chi connectivity index (χ1n) is 9.88. The average molecular weight is 413 g/mol. The van der Waals surface area contributed by atoms with Crippen LogP contribution >= 0.6 is 11.3 Å². The summed E-state index contributed by atoms with van der Waals surface area (Å²) in [5.74, 6) is 1.99. The number of carbonyl (C=O) groups is 1. The lowest BCUT2D eigenvalue weighted by Crippen LogP contribution is -2.39. The summed E-state index contributed by atoms with van der Waals surface area (Å²) in [6.45, 7) is 3.97. The molecule has 1 fully saturated rings. The smallest absolute Gasteiger partial charge is 0.348 e. The molecule has 7 nitrogen and oxygen atoms in total. The van der Waals surface area contributed by atoms with Gasteiger partial charge in [-0.05, 0) is 67.5 Å². The number of amides is 1. The highest BCUT2D eigenvalue weighted by Crippen LogP contribution is 2.24. The van der Waals surface area contributed by atoms with Gasteiger partial charge in [-0.1, -0.05) is 0 Å². The van der Waals surface area contributed by atoms with E-state index < -0.39 is 0 Å². The summed E-state index contributed by atoms with van der Waals surface area (Å²) in [6, 6.07) is 11.2. The fraction of sp³-hybridized carbons (Fsp3) is 0.381. The molecule has 0 unspecified atom stereocenters. The lowest BCUT2D eigenvalue weighted by molar-refractivity contribution is 0.0689. The monoisotopic (exact) mass is 412 g/mol. The molecule has 29 heavy (non-hydrogen) atoms. The molecule has 1 aliphatic rings. The van der Waals surface area contributed by atoms with Crippen molar-refractivity contribution in [3.63, 3.8) is 0 Å². The third kappa shape index (κ3) is 4.27. The molecule has 0 radical (unpaired) electrons. The molecule has 0 bridgehead atoms. The number of H-pyrrole nitrogens is 1. The van der Waals surface area contributed by atoms with Crippen molar-refractivity contribution in [1.29, 1.82) is 0 Å². The Kier molecular flexibility index (Phi) is 5.80. The Bertz CT molecular complexity index is 999. The minimum absolute atomic E-state index is 0.0572. The van der Waals surface area contributed by atoms with Crippen LogP contribution in [0.4, 0.5) is 0 Å². The van der Waals surface area contributed by atoms with E-state index in [1.165, 1.54) is 11.3 Å². The van der Waals surface area contributed by atoms with E-state index in [2.05, 4.69) is 10.2 Å². The molecule has 0 aliphatic carbocycles. The van der Waals surface area contributed by atoms with E-state index >= 15 is 0 Å². The van der Waals surface area contributed by atoms with Crippen molar-refractivity contribution in [2.24, 2.45) is 5.92 Å². The molecule has 0 atom stereocenters. The van der Waals surface area contributed by atoms with Crippen molar-refractivity contribution >= 4 is 17.2 Å². The second-order valence-corrected chi connectivity index (χ2v) is 8.05. The number of rotatable bonds is 6. The van der Waals surface area contributed by atoms with Crippen LogP contribution in [0.3, 0.4) is 0 Å². The SMILES string of the molecule is CCOc1ccc(C(=O)N2CCC(Cc3n[nH]c(=O)n3-c3cccs3)CC2)cc1. The number of aromatic amines is 1. The van der Waals surface area contributed by atoms with E-state index in [9.17, 15) is 9.59 Å². The number of nitrogens with one attached hydrogen (secondary N) is 1. The number of carbonyl (C=O) groups excluding carboxylic acids is 1. The number of ether oxygens (including phenoxy) is 1. The summed E-state index contributed by atoms with van der Waals surface area (Å²) < 4.78 is 7.09. The molecular weight excluding hydrogens is 388 g/mol. The van der Waals surface area contributed by atoms with Gasteiger partial charge in [-0.3, -0.25) is 4.79 Å². The number of aromatic nitrogens is 3. The predicted molar refractivity (Wildman–Crippen MR) is 112 cm³/mol. The Morgan fingerprint density at radius 1 is 1.24 bits per heavy atom. The van der Waals surface area contributed by atoms with E-state index in [4.69, 9.17) is 4.74 Å². The van der Waals surface area contributed by atoms with E-state index in [-0.39, 0.29) is 11.6 Å². The van der Waals surface area contributed by atoms with Crippen LogP contribution in [0.2, 0.25) is 0 Å². The summed E-state index contributed by atoms with van der Waals surface area (Å²) in [6.07, 6.45) is 2.52. The topological polar surface area (TPSA) is 80.2 Å². The molecule has 4 rings (SSSR count). The van der Waals surface area contributed by atoms with Gasteiger partial charge in [-0.25, -0.2) is 14.5 Å². The zero-order valence-electron chi connectivity index (χ0n) is 16.3. The van der Waals surface area contributed by atoms with Crippen molar-refractivity contribution in [3.8, 4) is 10.8 Å². The molecule has 0 spiro atoms. The minimum atomic E-state index is -0.203. The van der Waals surface area contributed by atoms with E-state index in [1.807, 2.05) is 53.6 Å². The maximum atomic E-state index is 12.8. The lowest BCUT2D eigenvalue weighted by Gasteiger charge is -2.32. The molecule has 1 aromatic carbocycles. The first-order valence-corrected chi connectivity index (χ1v) is 10.8. The second kappa shape index (κ2) is 8.65. The van der Waals surface area contributed by atoms with Crippen LogP contribution in [0.25, 0.3) is 5.00 Å². The number of hydrogen-bond acceptors (Lipinski definition) is 5. The first kappa shape index (κ1) is 19.4. The molecule has 1 aliphatic heterocycles. The Morgan fingerprint density at radius 3 is 2.66 bits per heavy atom. The number of nitrogens with zero attached hydrogens (tertiary/aromatic N) is 3. The second-order valence-electron chi connectivity index (χ2n) is 7.13. The van der Waals surface area contributed by atoms with Gasteiger partial charge in [0.15, 0.2) is 0 Å². The number of likely N-dealkylation sites (tertiary alicyclic amines) is 1. The average Bonchev–Trinajstić information content (AvgIpc) is 3.39. The molecular formula is C21H24N4O3S. The Hall–Kier alpha value is -2.87. The largest absolute Gasteiger partial charge is 0.494 e. The van der Waals surface area contributed by atoms with Gasteiger partial charge in [0, 0.05) is 25.1 Å². The van der Waals surface area contributed by atoms with Gasteiger partial charge in [0.1, 0.15) is 16.6 Å². The molecule has 3 aromatic rings. The van der Waals surface area contributed by atoms with Gasteiger partial charge in [0.25, 0.3) is 5.91 Å². The van der Waals surface area contributed by atoms with Crippen LogP contribution in [0, 0.1) is 5.92 Å². The third-order valence-corrected chi connectivity index (χ3v) is 6.11. The van der Waals surface area contributed by atoms with E-state index in [1.54, 1.807) is 4.57 Å². The normalized spacial score (nSPS) is 14.9.